The molecule has 0 aliphatic rings. The highest BCUT2D eigenvalue weighted by Crippen LogP contribution is 2.07. The second-order valence-electron chi connectivity index (χ2n) is 7.52. The highest BCUT2D eigenvalue weighted by molar-refractivity contribution is 6.01. The molecule has 0 saturated carbocycles. The van der Waals surface area contributed by atoms with Gasteiger partial charge in [0.25, 0.3) is 0 Å². The van der Waals surface area contributed by atoms with Crippen LogP contribution < -0.4 is 0 Å². The maximum Gasteiger partial charge on any atom is 0.524 e. The lowest BCUT2D eigenvalue weighted by Gasteiger charge is -2.03. The van der Waals surface area contributed by atoms with E-state index >= 15 is 0 Å². The van der Waals surface area contributed by atoms with Crippen LogP contribution in [0.1, 0.15) is 41.4 Å². The van der Waals surface area contributed by atoms with Crippen molar-refractivity contribution in [2.24, 2.45) is 0 Å². The molecule has 0 aliphatic heterocycles. The van der Waals surface area contributed by atoms with Crippen LogP contribution in [0.4, 0.5) is 9.59 Å². The minimum atomic E-state index is -1.35. The molecule has 0 aromatic heterocycles. The lowest BCUT2D eigenvalue weighted by atomic mass is 10.2. The molecule has 12 nitrogen and oxygen atoms in total. The molecule has 4 aromatic carbocycles. The molecule has 4 aromatic rings. The van der Waals surface area contributed by atoms with Gasteiger partial charge in [0, 0.05) is 0 Å². The molecule has 0 fully saturated rings. The molecule has 42 heavy (non-hydrogen) atoms. The number of hydrogen-bond acceptors (Lipinski definition) is 12. The summed E-state index contributed by atoms with van der Waals surface area (Å²) in [6.07, 6.45) is -2.71. The predicted molar refractivity (Wildman–Crippen MR) is 143 cm³/mol. The van der Waals surface area contributed by atoms with Gasteiger partial charge in [-0.3, -0.25) is 10.5 Å². The molecule has 0 amide bonds. The summed E-state index contributed by atoms with van der Waals surface area (Å²) in [5, 5.41) is 12.0. The van der Waals surface area contributed by atoms with Crippen LogP contribution in [-0.4, -0.2) is 46.7 Å². The van der Waals surface area contributed by atoms with Crippen molar-refractivity contribution in [3.63, 3.8) is 0 Å². The number of carbonyl (C=O) groups is 6. The average molecular weight is 574 g/mol. The number of carbonyl (C=O) groups excluding carboxylic acids is 6. The van der Waals surface area contributed by atoms with E-state index in [9.17, 15) is 28.8 Å². The largest absolute Gasteiger partial charge is 0.524 e. The van der Waals surface area contributed by atoms with Crippen LogP contribution in [0.2, 0.25) is 0 Å². The molecule has 12 heteroatoms. The summed E-state index contributed by atoms with van der Waals surface area (Å²) in [5.74, 6) is -3.51. The third-order valence-corrected chi connectivity index (χ3v) is 4.74. The highest BCUT2D eigenvalue weighted by atomic mass is 17.0. The van der Waals surface area contributed by atoms with E-state index in [1.807, 2.05) is 0 Å². The van der Waals surface area contributed by atoms with E-state index in [0.29, 0.717) is 0 Å². The summed E-state index contributed by atoms with van der Waals surface area (Å²) in [6, 6.07) is 31.7. The Balaban J connectivity index is 0.000000277. The van der Waals surface area contributed by atoms with Crippen molar-refractivity contribution in [1.82, 2.24) is 0 Å². The minimum absolute atomic E-state index is 0.191. The lowest BCUT2D eigenvalue weighted by Crippen LogP contribution is -2.17. The van der Waals surface area contributed by atoms with Crippen molar-refractivity contribution in [2.45, 2.75) is 0 Å². The van der Waals surface area contributed by atoms with Gasteiger partial charge in [-0.15, -0.1) is 0 Å². The average Bonchev–Trinajstić information content (AvgIpc) is 3.03. The Bertz CT molecular complexity index is 1250. The standard InChI is InChI=1S/2C15H10O5.H2O2/c2*16-13(11-7-3-1-4-8-11)19-15(18)20-14(17)12-9-5-2-6-10-12;1-2/h2*1-10H;1-2H. The number of esters is 4. The fourth-order valence-corrected chi connectivity index (χ4v) is 2.88. The van der Waals surface area contributed by atoms with E-state index in [1.165, 1.54) is 48.5 Å². The van der Waals surface area contributed by atoms with Gasteiger partial charge >= 0.3 is 36.2 Å². The lowest BCUT2D eigenvalue weighted by molar-refractivity contribution is -0.176. The normalized spacial score (nSPS) is 9.29. The Morgan fingerprint density at radius 3 is 0.667 bits per heavy atom. The first-order valence-corrected chi connectivity index (χ1v) is 11.7. The summed E-state index contributed by atoms with van der Waals surface area (Å²) in [5.41, 5.74) is 0.765. The quantitative estimate of drug-likeness (QED) is 0.132. The van der Waals surface area contributed by atoms with Crippen LogP contribution in [0.5, 0.6) is 0 Å². The third kappa shape index (κ3) is 11.0. The van der Waals surface area contributed by atoms with Crippen molar-refractivity contribution < 1.29 is 58.2 Å². The van der Waals surface area contributed by atoms with Gasteiger partial charge < -0.3 is 18.9 Å². The van der Waals surface area contributed by atoms with Gasteiger partial charge in [-0.1, -0.05) is 72.8 Å². The number of rotatable bonds is 4. The molecule has 0 spiro atoms. The van der Waals surface area contributed by atoms with Gasteiger partial charge in [0.05, 0.1) is 22.3 Å². The van der Waals surface area contributed by atoms with Crippen LogP contribution in [0.15, 0.2) is 121 Å². The van der Waals surface area contributed by atoms with Gasteiger partial charge in [-0.05, 0) is 48.5 Å². The number of hydrogen-bond donors (Lipinski definition) is 2. The first-order chi connectivity index (χ1) is 20.3. The van der Waals surface area contributed by atoms with Gasteiger partial charge in [0.15, 0.2) is 0 Å². The third-order valence-electron chi connectivity index (χ3n) is 4.74. The second-order valence-corrected chi connectivity index (χ2v) is 7.52. The van der Waals surface area contributed by atoms with Crippen LogP contribution in [0.3, 0.4) is 0 Å². The zero-order valence-electron chi connectivity index (χ0n) is 21.5. The molecule has 0 unspecified atom stereocenters. The van der Waals surface area contributed by atoms with E-state index < -0.39 is 36.2 Å². The second kappa shape index (κ2) is 17.6. The first-order valence-electron chi connectivity index (χ1n) is 11.7. The highest BCUT2D eigenvalue weighted by Gasteiger charge is 2.19. The summed E-state index contributed by atoms with van der Waals surface area (Å²) < 4.78 is 17.6. The molecule has 0 bridgehead atoms. The molecule has 2 N–H and O–H groups in total. The molecule has 0 aliphatic carbocycles. The van der Waals surface area contributed by atoms with E-state index in [2.05, 4.69) is 18.9 Å². The molecule has 0 saturated heterocycles. The summed E-state index contributed by atoms with van der Waals surface area (Å²) in [6.45, 7) is 0. The van der Waals surface area contributed by atoms with Crippen LogP contribution in [-0.2, 0) is 18.9 Å². The predicted octanol–water partition coefficient (Wildman–Crippen LogP) is 5.66. The van der Waals surface area contributed by atoms with Crippen LogP contribution in [0, 0.1) is 0 Å². The van der Waals surface area contributed by atoms with E-state index in [-0.39, 0.29) is 22.3 Å². The van der Waals surface area contributed by atoms with Crippen molar-refractivity contribution >= 4 is 36.2 Å². The zero-order valence-corrected chi connectivity index (χ0v) is 21.5. The molecular formula is C30H22O12. The molecular weight excluding hydrogens is 552 g/mol. The Morgan fingerprint density at radius 1 is 0.333 bits per heavy atom. The smallest absolute Gasteiger partial charge is 0.356 e. The van der Waals surface area contributed by atoms with Gasteiger partial charge in [0.2, 0.25) is 0 Å². The Hall–Kier alpha value is -5.98. The molecule has 4 rings (SSSR count). The van der Waals surface area contributed by atoms with Crippen molar-refractivity contribution in [3.8, 4) is 0 Å². The fourth-order valence-electron chi connectivity index (χ4n) is 2.88. The monoisotopic (exact) mass is 574 g/mol. The molecule has 0 radical (unpaired) electrons. The summed E-state index contributed by atoms with van der Waals surface area (Å²) >= 11 is 0. The number of ether oxygens (including phenoxy) is 4. The van der Waals surface area contributed by atoms with Crippen molar-refractivity contribution in [1.29, 1.82) is 0 Å². The van der Waals surface area contributed by atoms with Crippen LogP contribution in [0.25, 0.3) is 0 Å². The van der Waals surface area contributed by atoms with E-state index in [0.717, 1.165) is 0 Å². The number of benzene rings is 4. The molecule has 0 atom stereocenters. The fraction of sp³-hybridized carbons (Fsp3) is 0. The van der Waals surface area contributed by atoms with Crippen molar-refractivity contribution in [3.05, 3.63) is 144 Å². The van der Waals surface area contributed by atoms with E-state index in [4.69, 9.17) is 10.5 Å². The Labute approximate surface area is 238 Å². The molecule has 214 valence electrons. The van der Waals surface area contributed by atoms with E-state index in [1.54, 1.807) is 72.8 Å². The summed E-state index contributed by atoms with van der Waals surface area (Å²) in [7, 11) is 0. The van der Waals surface area contributed by atoms with Gasteiger partial charge in [-0.2, -0.15) is 0 Å². The zero-order chi connectivity index (χ0) is 30.7. The first kappa shape index (κ1) is 32.2. The maximum absolute atomic E-state index is 11.5. The van der Waals surface area contributed by atoms with Gasteiger partial charge in [0.1, 0.15) is 0 Å². The Morgan fingerprint density at radius 2 is 0.500 bits per heavy atom. The summed E-state index contributed by atoms with van der Waals surface area (Å²) in [4.78, 5) is 68.8. The Kier molecular flexibility index (Phi) is 13.5. The van der Waals surface area contributed by atoms with Crippen LogP contribution >= 0.6 is 0 Å². The minimum Gasteiger partial charge on any atom is -0.356 e. The maximum atomic E-state index is 11.5. The topological polar surface area (TPSA) is 180 Å². The van der Waals surface area contributed by atoms with Gasteiger partial charge in [-0.25, -0.2) is 28.8 Å². The van der Waals surface area contributed by atoms with Crippen molar-refractivity contribution in [2.75, 3.05) is 0 Å². The SMILES string of the molecule is O=C(OC(=O)c1ccccc1)OC(=O)c1ccccc1.O=C(OC(=O)c1ccccc1)OC(=O)c1ccccc1.OO. The molecule has 0 heterocycles.